The maximum absolute atomic E-state index is 13.8. The molecule has 10 heteroatoms. The van der Waals surface area contributed by atoms with Crippen molar-refractivity contribution in [1.82, 2.24) is 19.3 Å². The van der Waals surface area contributed by atoms with E-state index in [4.69, 9.17) is 5.11 Å². The van der Waals surface area contributed by atoms with Gasteiger partial charge >= 0.3 is 12.1 Å². The van der Waals surface area contributed by atoms with Crippen LogP contribution in [0.15, 0.2) is 73.3 Å². The van der Waals surface area contributed by atoms with Gasteiger partial charge in [-0.05, 0) is 30.2 Å². The number of thiophene rings is 1. The van der Waals surface area contributed by atoms with Gasteiger partial charge in [-0.1, -0.05) is 36.4 Å². The number of rotatable bonds is 7. The van der Waals surface area contributed by atoms with E-state index in [0.29, 0.717) is 40.4 Å². The monoisotopic (exact) mass is 496 g/mol. The molecule has 0 aliphatic rings. The van der Waals surface area contributed by atoms with E-state index in [9.17, 15) is 18.0 Å². The maximum Gasteiger partial charge on any atom is 0.426 e. The molecule has 0 saturated heterocycles. The third kappa shape index (κ3) is 4.57. The maximum atomic E-state index is 13.8. The topological polar surface area (TPSA) is 72.9 Å². The predicted octanol–water partition coefficient (Wildman–Crippen LogP) is 6.50. The number of imidazole rings is 1. The van der Waals surface area contributed by atoms with Gasteiger partial charge in [-0.25, -0.2) is 4.98 Å². The van der Waals surface area contributed by atoms with E-state index in [1.165, 1.54) is 6.07 Å². The highest BCUT2D eigenvalue weighted by Gasteiger charge is 2.36. The number of aliphatic carboxylic acids is 1. The van der Waals surface area contributed by atoms with Crippen LogP contribution in [0.4, 0.5) is 13.2 Å². The Bertz CT molecular complexity index is 1500. The average Bonchev–Trinajstić information content (AvgIpc) is 3.57. The molecule has 0 aliphatic heterocycles. The lowest BCUT2D eigenvalue weighted by molar-refractivity contribution is -0.137. The molecule has 2 aromatic carbocycles. The molecule has 0 atom stereocenters. The van der Waals surface area contributed by atoms with Crippen molar-refractivity contribution in [2.24, 2.45) is 0 Å². The number of nitrogens with zero attached hydrogens (tertiary/aromatic N) is 4. The molecular weight excluding hydrogens is 477 g/mol. The third-order valence-corrected chi connectivity index (χ3v) is 6.81. The number of carboxylic acid groups (broad SMARTS) is 1. The number of carboxylic acids is 1. The molecule has 5 rings (SSSR count). The van der Waals surface area contributed by atoms with Crippen LogP contribution in [0.3, 0.4) is 0 Å². The van der Waals surface area contributed by atoms with Crippen LogP contribution in [0.25, 0.3) is 38.3 Å². The Hall–Kier alpha value is -3.92. The molecule has 0 aliphatic carbocycles. The van der Waals surface area contributed by atoms with Gasteiger partial charge in [0.05, 0.1) is 34.3 Å². The SMILES string of the molecule is O=C(O)CCCn1ncc2c(-n3cnc(-c4cc(-c5ccccc5)c(C(F)(F)F)s4)c3)cccc21. The lowest BCUT2D eigenvalue weighted by atomic mass is 10.1. The molecule has 3 aromatic heterocycles. The van der Waals surface area contributed by atoms with Crippen LogP contribution in [0.1, 0.15) is 17.7 Å². The summed E-state index contributed by atoms with van der Waals surface area (Å²) in [5, 5.41) is 14.1. The highest BCUT2D eigenvalue weighted by molar-refractivity contribution is 7.16. The molecule has 0 unspecified atom stereocenters. The highest BCUT2D eigenvalue weighted by Crippen LogP contribution is 2.45. The molecule has 1 N–H and O–H groups in total. The first kappa shape index (κ1) is 22.9. The molecule has 5 aromatic rings. The summed E-state index contributed by atoms with van der Waals surface area (Å²) in [5.74, 6) is -0.856. The van der Waals surface area contributed by atoms with Crippen LogP contribution in [0, 0.1) is 0 Å². The standard InChI is InChI=1S/C25H19F3N4O2S/c26-25(27,28)24-17(16-6-2-1-3-7-16)12-22(35-24)19-14-31(15-29-19)20-8-4-9-21-18(20)13-30-32(21)11-5-10-23(33)34/h1-4,6-9,12-15H,5,10-11H2,(H,33,34). The summed E-state index contributed by atoms with van der Waals surface area (Å²) >= 11 is 0.677. The summed E-state index contributed by atoms with van der Waals surface area (Å²) in [4.78, 5) is 15.0. The number of aryl methyl sites for hydroxylation is 1. The lowest BCUT2D eigenvalue weighted by Gasteiger charge is -2.07. The van der Waals surface area contributed by atoms with Crippen LogP contribution >= 0.6 is 11.3 Å². The normalized spacial score (nSPS) is 11.9. The van der Waals surface area contributed by atoms with Gasteiger partial charge in [0.15, 0.2) is 0 Å². The second-order valence-corrected chi connectivity index (χ2v) is 9.01. The highest BCUT2D eigenvalue weighted by atomic mass is 32.1. The molecule has 178 valence electrons. The minimum Gasteiger partial charge on any atom is -0.481 e. The van der Waals surface area contributed by atoms with Gasteiger partial charge in [0.2, 0.25) is 0 Å². The van der Waals surface area contributed by atoms with E-state index in [1.807, 2.05) is 18.2 Å². The predicted molar refractivity (Wildman–Crippen MR) is 127 cm³/mol. The van der Waals surface area contributed by atoms with Crippen LogP contribution in [0.5, 0.6) is 0 Å². The van der Waals surface area contributed by atoms with E-state index in [2.05, 4.69) is 10.1 Å². The van der Waals surface area contributed by atoms with E-state index < -0.39 is 17.0 Å². The Labute approximate surface area is 201 Å². The van der Waals surface area contributed by atoms with Gasteiger partial charge < -0.3 is 9.67 Å². The lowest BCUT2D eigenvalue weighted by Crippen LogP contribution is -2.03. The fraction of sp³-hybridized carbons (Fsp3) is 0.160. The van der Waals surface area contributed by atoms with Crippen molar-refractivity contribution in [3.63, 3.8) is 0 Å². The van der Waals surface area contributed by atoms with Crippen LogP contribution < -0.4 is 0 Å². The van der Waals surface area contributed by atoms with Gasteiger partial charge in [-0.3, -0.25) is 9.48 Å². The second kappa shape index (κ2) is 9.03. The van der Waals surface area contributed by atoms with E-state index in [-0.39, 0.29) is 12.0 Å². The fourth-order valence-electron chi connectivity index (χ4n) is 4.01. The number of halogens is 3. The molecule has 0 fully saturated rings. The fourth-order valence-corrected chi connectivity index (χ4v) is 5.02. The number of fused-ring (bicyclic) bond motifs is 1. The summed E-state index contributed by atoms with van der Waals surface area (Å²) in [6.07, 6.45) is 1.01. The molecule has 0 amide bonds. The van der Waals surface area contributed by atoms with Crippen LogP contribution in [0.2, 0.25) is 0 Å². The van der Waals surface area contributed by atoms with Gasteiger partial charge in [-0.2, -0.15) is 18.3 Å². The van der Waals surface area contributed by atoms with Crippen LogP contribution in [-0.2, 0) is 17.5 Å². The summed E-state index contributed by atoms with van der Waals surface area (Å²) in [5.41, 5.74) is 2.69. The Balaban J connectivity index is 1.50. The molecule has 3 heterocycles. The van der Waals surface area contributed by atoms with Crippen molar-refractivity contribution < 1.29 is 23.1 Å². The number of alkyl halides is 3. The van der Waals surface area contributed by atoms with Crippen molar-refractivity contribution >= 4 is 28.2 Å². The Morgan fingerprint density at radius 1 is 1.09 bits per heavy atom. The number of aromatic nitrogens is 4. The van der Waals surface area contributed by atoms with E-state index in [0.717, 1.165) is 16.6 Å². The number of hydrogen-bond donors (Lipinski definition) is 1. The molecule has 35 heavy (non-hydrogen) atoms. The summed E-state index contributed by atoms with van der Waals surface area (Å²) in [7, 11) is 0. The Morgan fingerprint density at radius 2 is 1.89 bits per heavy atom. The molecule has 0 radical (unpaired) electrons. The Kier molecular flexibility index (Phi) is 5.89. The second-order valence-electron chi connectivity index (χ2n) is 7.96. The number of carbonyl (C=O) groups is 1. The largest absolute Gasteiger partial charge is 0.481 e. The zero-order valence-corrected chi connectivity index (χ0v) is 19.1. The van der Waals surface area contributed by atoms with Crippen LogP contribution in [-0.4, -0.2) is 30.4 Å². The van der Waals surface area contributed by atoms with Crippen molar-refractivity contribution in [3.05, 3.63) is 78.2 Å². The molecular formula is C25H19F3N4O2S. The van der Waals surface area contributed by atoms with Gasteiger partial charge in [0, 0.05) is 30.1 Å². The summed E-state index contributed by atoms with van der Waals surface area (Å²) < 4.78 is 44.9. The average molecular weight is 497 g/mol. The van der Waals surface area contributed by atoms with Gasteiger partial charge in [0.25, 0.3) is 0 Å². The minimum atomic E-state index is -4.47. The quantitative estimate of drug-likeness (QED) is 0.279. The number of benzene rings is 2. The smallest absolute Gasteiger partial charge is 0.426 e. The zero-order chi connectivity index (χ0) is 24.6. The van der Waals surface area contributed by atoms with Crippen molar-refractivity contribution in [3.8, 4) is 27.4 Å². The third-order valence-electron chi connectivity index (χ3n) is 5.61. The molecule has 0 spiro atoms. The first-order valence-corrected chi connectivity index (χ1v) is 11.6. The zero-order valence-electron chi connectivity index (χ0n) is 18.2. The molecule has 0 bridgehead atoms. The first-order chi connectivity index (χ1) is 16.8. The summed E-state index contributed by atoms with van der Waals surface area (Å²) in [6, 6.07) is 15.7. The summed E-state index contributed by atoms with van der Waals surface area (Å²) in [6.45, 7) is 0.464. The van der Waals surface area contributed by atoms with E-state index >= 15 is 0 Å². The first-order valence-electron chi connectivity index (χ1n) is 10.8. The van der Waals surface area contributed by atoms with Gasteiger partial charge in [0.1, 0.15) is 4.88 Å². The molecule has 6 nitrogen and oxygen atoms in total. The van der Waals surface area contributed by atoms with Gasteiger partial charge in [-0.15, -0.1) is 11.3 Å². The molecule has 0 saturated carbocycles. The number of hydrogen-bond acceptors (Lipinski definition) is 4. The van der Waals surface area contributed by atoms with Crippen molar-refractivity contribution in [2.45, 2.75) is 25.6 Å². The minimum absolute atomic E-state index is 0.0532. The van der Waals surface area contributed by atoms with E-state index in [1.54, 1.807) is 58.3 Å². The van der Waals surface area contributed by atoms with Crippen molar-refractivity contribution in [2.75, 3.05) is 0 Å². The van der Waals surface area contributed by atoms with Crippen molar-refractivity contribution in [1.29, 1.82) is 0 Å². The Morgan fingerprint density at radius 3 is 2.63 bits per heavy atom.